The Bertz CT molecular complexity index is 709. The summed E-state index contributed by atoms with van der Waals surface area (Å²) in [7, 11) is 4.46. The molecule has 1 N–H and O–H groups in total. The van der Waals surface area contributed by atoms with Crippen molar-refractivity contribution in [3.05, 3.63) is 53.6 Å². The molecule has 0 amide bonds. The van der Waals surface area contributed by atoms with Crippen LogP contribution in [0.15, 0.2) is 42.5 Å². The minimum Gasteiger partial charge on any atom is -0.507 e. The van der Waals surface area contributed by atoms with Crippen molar-refractivity contribution in [2.24, 2.45) is 0 Å². The van der Waals surface area contributed by atoms with Crippen LogP contribution in [0.3, 0.4) is 0 Å². The molecule has 0 bridgehead atoms. The molecular formula is C18H18O5. The lowest BCUT2D eigenvalue weighted by atomic mass is 10.1. The molecule has 0 saturated heterocycles. The molecule has 0 fully saturated rings. The molecule has 5 nitrogen and oxygen atoms in total. The van der Waals surface area contributed by atoms with Crippen molar-refractivity contribution >= 4 is 11.9 Å². The van der Waals surface area contributed by atoms with E-state index in [1.54, 1.807) is 42.5 Å². The number of ketones is 1. The molecule has 0 spiro atoms. The van der Waals surface area contributed by atoms with Gasteiger partial charge in [0.25, 0.3) is 0 Å². The molecule has 0 saturated carbocycles. The van der Waals surface area contributed by atoms with Gasteiger partial charge >= 0.3 is 0 Å². The summed E-state index contributed by atoms with van der Waals surface area (Å²) in [5.41, 5.74) is 0.842. The maximum absolute atomic E-state index is 12.5. The zero-order valence-electron chi connectivity index (χ0n) is 13.2. The third kappa shape index (κ3) is 3.63. The van der Waals surface area contributed by atoms with Crippen LogP contribution in [0.2, 0.25) is 0 Å². The van der Waals surface area contributed by atoms with Crippen molar-refractivity contribution in [2.45, 2.75) is 0 Å². The quantitative estimate of drug-likeness (QED) is 0.654. The molecule has 0 heterocycles. The number of ether oxygens (including phenoxy) is 3. The van der Waals surface area contributed by atoms with Crippen molar-refractivity contribution in [3.8, 4) is 23.0 Å². The zero-order valence-corrected chi connectivity index (χ0v) is 13.2. The average Bonchev–Trinajstić information content (AvgIpc) is 2.59. The summed E-state index contributed by atoms with van der Waals surface area (Å²) in [4.78, 5) is 12.5. The van der Waals surface area contributed by atoms with Crippen LogP contribution in [-0.2, 0) is 0 Å². The number of para-hydroxylation sites is 1. The second-order valence-corrected chi connectivity index (χ2v) is 4.66. The van der Waals surface area contributed by atoms with E-state index in [1.807, 2.05) is 0 Å². The van der Waals surface area contributed by atoms with Gasteiger partial charge in [-0.3, -0.25) is 4.79 Å². The van der Waals surface area contributed by atoms with E-state index in [4.69, 9.17) is 14.2 Å². The second kappa shape index (κ2) is 7.35. The molecule has 5 heteroatoms. The number of hydrogen-bond acceptors (Lipinski definition) is 5. The molecule has 2 aromatic carbocycles. The second-order valence-electron chi connectivity index (χ2n) is 4.66. The van der Waals surface area contributed by atoms with Crippen LogP contribution in [0.4, 0.5) is 0 Å². The molecule has 2 rings (SSSR count). The van der Waals surface area contributed by atoms with Gasteiger partial charge in [0.05, 0.1) is 21.3 Å². The molecule has 23 heavy (non-hydrogen) atoms. The van der Waals surface area contributed by atoms with Gasteiger partial charge in [0.15, 0.2) is 5.78 Å². The molecular weight excluding hydrogens is 296 g/mol. The summed E-state index contributed by atoms with van der Waals surface area (Å²) in [6, 6.07) is 9.98. The van der Waals surface area contributed by atoms with Gasteiger partial charge < -0.3 is 19.3 Å². The summed E-state index contributed by atoms with van der Waals surface area (Å²) in [5.74, 6) is 1.04. The fourth-order valence-electron chi connectivity index (χ4n) is 2.13. The molecule has 0 aliphatic rings. The van der Waals surface area contributed by atoms with Gasteiger partial charge in [0.2, 0.25) is 0 Å². The van der Waals surface area contributed by atoms with Gasteiger partial charge in [-0.25, -0.2) is 0 Å². The standard InChI is InChI=1S/C18H18O5/c1-21-13-10-16(22-2)18(17(11-13)23-3)15(20)9-8-12-6-4-5-7-14(12)19/h4-11,19H,1-3H3. The number of rotatable bonds is 6. The summed E-state index contributed by atoms with van der Waals surface area (Å²) < 4.78 is 15.7. The summed E-state index contributed by atoms with van der Waals surface area (Å²) in [5, 5.41) is 9.74. The van der Waals surface area contributed by atoms with Crippen LogP contribution in [0.1, 0.15) is 15.9 Å². The predicted molar refractivity (Wildman–Crippen MR) is 87.6 cm³/mol. The SMILES string of the molecule is COc1cc(OC)c(C(=O)C=Cc2ccccc2O)c(OC)c1. The smallest absolute Gasteiger partial charge is 0.193 e. The fourth-order valence-corrected chi connectivity index (χ4v) is 2.13. The van der Waals surface area contributed by atoms with Crippen molar-refractivity contribution < 1.29 is 24.1 Å². The summed E-state index contributed by atoms with van der Waals surface area (Å²) >= 11 is 0. The van der Waals surface area contributed by atoms with Crippen LogP contribution in [0.25, 0.3) is 6.08 Å². The van der Waals surface area contributed by atoms with Crippen LogP contribution >= 0.6 is 0 Å². The molecule has 0 aromatic heterocycles. The first-order valence-corrected chi connectivity index (χ1v) is 6.91. The number of phenolic OH excluding ortho intramolecular Hbond substituents is 1. The van der Waals surface area contributed by atoms with Crippen LogP contribution in [0, 0.1) is 0 Å². The Morgan fingerprint density at radius 1 is 1.00 bits per heavy atom. The number of allylic oxidation sites excluding steroid dienone is 1. The molecule has 0 aliphatic heterocycles. The summed E-state index contributed by atoms with van der Waals surface area (Å²) in [6.45, 7) is 0. The van der Waals surface area contributed by atoms with E-state index in [-0.39, 0.29) is 11.5 Å². The van der Waals surface area contributed by atoms with E-state index in [2.05, 4.69) is 0 Å². The van der Waals surface area contributed by atoms with Gasteiger partial charge in [-0.2, -0.15) is 0 Å². The number of methoxy groups -OCH3 is 3. The highest BCUT2D eigenvalue weighted by molar-refractivity contribution is 6.10. The van der Waals surface area contributed by atoms with E-state index < -0.39 is 0 Å². The normalized spacial score (nSPS) is 10.6. The third-order valence-electron chi connectivity index (χ3n) is 3.31. The van der Waals surface area contributed by atoms with Gasteiger partial charge in [-0.05, 0) is 18.2 Å². The van der Waals surface area contributed by atoms with Gasteiger partial charge in [-0.1, -0.05) is 18.2 Å². The number of phenols is 1. The predicted octanol–water partition coefficient (Wildman–Crippen LogP) is 3.31. The lowest BCUT2D eigenvalue weighted by Crippen LogP contribution is -2.03. The highest BCUT2D eigenvalue weighted by atomic mass is 16.5. The Morgan fingerprint density at radius 3 is 2.13 bits per heavy atom. The molecule has 0 radical (unpaired) electrons. The lowest BCUT2D eigenvalue weighted by Gasteiger charge is -2.13. The number of aromatic hydroxyl groups is 1. The zero-order chi connectivity index (χ0) is 16.8. The molecule has 0 atom stereocenters. The van der Waals surface area contributed by atoms with E-state index in [9.17, 15) is 9.90 Å². The first kappa shape index (κ1) is 16.4. The fraction of sp³-hybridized carbons (Fsp3) is 0.167. The van der Waals surface area contributed by atoms with Crippen LogP contribution < -0.4 is 14.2 Å². The van der Waals surface area contributed by atoms with Gasteiger partial charge in [0.1, 0.15) is 28.6 Å². The molecule has 120 valence electrons. The highest BCUT2D eigenvalue weighted by Gasteiger charge is 2.18. The Balaban J connectivity index is 2.41. The number of benzene rings is 2. The van der Waals surface area contributed by atoms with Crippen LogP contribution in [0.5, 0.6) is 23.0 Å². The minimum absolute atomic E-state index is 0.102. The Morgan fingerprint density at radius 2 is 1.61 bits per heavy atom. The maximum atomic E-state index is 12.5. The van der Waals surface area contributed by atoms with Crippen molar-refractivity contribution in [1.29, 1.82) is 0 Å². The van der Waals surface area contributed by atoms with Crippen LogP contribution in [-0.4, -0.2) is 32.2 Å². The Labute approximate surface area is 134 Å². The Kier molecular flexibility index (Phi) is 5.25. The first-order chi connectivity index (χ1) is 11.1. The van der Waals surface area contributed by atoms with E-state index in [0.717, 1.165) is 0 Å². The maximum Gasteiger partial charge on any atom is 0.193 e. The first-order valence-electron chi connectivity index (χ1n) is 6.91. The van der Waals surface area contributed by atoms with E-state index in [1.165, 1.54) is 27.4 Å². The largest absolute Gasteiger partial charge is 0.507 e. The highest BCUT2D eigenvalue weighted by Crippen LogP contribution is 2.34. The van der Waals surface area contributed by atoms with Crippen molar-refractivity contribution in [1.82, 2.24) is 0 Å². The van der Waals surface area contributed by atoms with E-state index in [0.29, 0.717) is 28.4 Å². The third-order valence-corrected chi connectivity index (χ3v) is 3.31. The minimum atomic E-state index is -0.301. The number of carbonyl (C=O) groups excluding carboxylic acids is 1. The summed E-state index contributed by atoms with van der Waals surface area (Å²) in [6.07, 6.45) is 2.91. The number of hydrogen-bond donors (Lipinski definition) is 1. The number of carbonyl (C=O) groups is 1. The van der Waals surface area contributed by atoms with Gasteiger partial charge in [0, 0.05) is 17.7 Å². The van der Waals surface area contributed by atoms with E-state index >= 15 is 0 Å². The monoisotopic (exact) mass is 314 g/mol. The van der Waals surface area contributed by atoms with Crippen molar-refractivity contribution in [3.63, 3.8) is 0 Å². The Hall–Kier alpha value is -2.95. The topological polar surface area (TPSA) is 65.0 Å². The molecule has 0 aliphatic carbocycles. The molecule has 2 aromatic rings. The van der Waals surface area contributed by atoms with Gasteiger partial charge in [-0.15, -0.1) is 0 Å². The average molecular weight is 314 g/mol. The molecule has 0 unspecified atom stereocenters. The van der Waals surface area contributed by atoms with Crippen molar-refractivity contribution in [2.75, 3.05) is 21.3 Å². The lowest BCUT2D eigenvalue weighted by molar-refractivity contribution is 0.104.